The monoisotopic (exact) mass is 275 g/mol. The molecule has 0 spiro atoms. The Bertz CT molecular complexity index is 439. The summed E-state index contributed by atoms with van der Waals surface area (Å²) < 4.78 is 0. The summed E-state index contributed by atoms with van der Waals surface area (Å²) in [5, 5.41) is 3.32. The zero-order valence-electron chi connectivity index (χ0n) is 12.6. The van der Waals surface area contributed by atoms with Gasteiger partial charge < -0.3 is 15.1 Å². The number of carbonyl (C=O) groups excluding carboxylic acids is 1. The second-order valence-electron chi connectivity index (χ2n) is 5.36. The third-order valence-corrected chi connectivity index (χ3v) is 3.86. The van der Waals surface area contributed by atoms with Crippen molar-refractivity contribution in [1.29, 1.82) is 0 Å². The molecule has 1 aliphatic heterocycles. The zero-order valence-corrected chi connectivity index (χ0v) is 12.6. The number of aryl methyl sites for hydroxylation is 1. The Labute approximate surface area is 121 Å². The fourth-order valence-electron chi connectivity index (χ4n) is 2.54. The summed E-state index contributed by atoms with van der Waals surface area (Å²) in [6.45, 7) is 9.79. The Morgan fingerprint density at radius 2 is 2.00 bits per heavy atom. The summed E-state index contributed by atoms with van der Waals surface area (Å²) in [7, 11) is 0. The van der Waals surface area contributed by atoms with Gasteiger partial charge in [0, 0.05) is 44.8 Å². The van der Waals surface area contributed by atoms with Gasteiger partial charge >= 0.3 is 0 Å². The van der Waals surface area contributed by atoms with Crippen molar-refractivity contribution < 1.29 is 4.79 Å². The topological polar surface area (TPSA) is 35.6 Å². The summed E-state index contributed by atoms with van der Waals surface area (Å²) >= 11 is 0. The maximum absolute atomic E-state index is 12.1. The van der Waals surface area contributed by atoms with Crippen molar-refractivity contribution in [3.63, 3.8) is 0 Å². The number of piperazine rings is 1. The lowest BCUT2D eigenvalue weighted by molar-refractivity contribution is -0.132. The normalized spacial score (nSPS) is 16.2. The lowest BCUT2D eigenvalue weighted by Gasteiger charge is -2.34. The molecule has 0 aliphatic carbocycles. The maximum Gasteiger partial charge on any atom is 0.224 e. The Hall–Kier alpha value is -1.55. The van der Waals surface area contributed by atoms with Crippen molar-refractivity contribution in [3.05, 3.63) is 29.8 Å². The fourth-order valence-corrected chi connectivity index (χ4v) is 2.54. The quantitative estimate of drug-likeness (QED) is 0.892. The van der Waals surface area contributed by atoms with Gasteiger partial charge in [-0.2, -0.15) is 0 Å². The third kappa shape index (κ3) is 4.23. The van der Waals surface area contributed by atoms with Gasteiger partial charge in [-0.3, -0.25) is 4.79 Å². The van der Waals surface area contributed by atoms with Crippen LogP contribution in [0.15, 0.2) is 24.3 Å². The molecule has 1 saturated heterocycles. The van der Waals surface area contributed by atoms with E-state index in [-0.39, 0.29) is 5.91 Å². The highest BCUT2D eigenvalue weighted by molar-refractivity contribution is 5.76. The number of hydrogen-bond acceptors (Lipinski definition) is 3. The van der Waals surface area contributed by atoms with Gasteiger partial charge in [0.05, 0.1) is 0 Å². The molecule has 1 aromatic rings. The van der Waals surface area contributed by atoms with Crippen molar-refractivity contribution in [2.24, 2.45) is 0 Å². The predicted molar refractivity (Wildman–Crippen MR) is 83.0 cm³/mol. The summed E-state index contributed by atoms with van der Waals surface area (Å²) in [5.41, 5.74) is 2.32. The lowest BCUT2D eigenvalue weighted by atomic mass is 10.2. The van der Waals surface area contributed by atoms with Crippen LogP contribution in [0.25, 0.3) is 0 Å². The third-order valence-electron chi connectivity index (χ3n) is 3.86. The number of nitrogens with one attached hydrogen (secondary N) is 1. The molecule has 1 fully saturated rings. The van der Waals surface area contributed by atoms with Gasteiger partial charge in [-0.15, -0.1) is 0 Å². The van der Waals surface area contributed by atoms with E-state index < -0.39 is 0 Å². The SMILES string of the molecule is CCN1CCN(C(=O)CCNc2cccc(C)c2)CC1. The molecule has 1 amide bonds. The first-order valence-corrected chi connectivity index (χ1v) is 7.49. The highest BCUT2D eigenvalue weighted by Gasteiger charge is 2.19. The van der Waals surface area contributed by atoms with Crippen LogP contribution in [0, 0.1) is 6.92 Å². The van der Waals surface area contributed by atoms with Gasteiger partial charge in [0.25, 0.3) is 0 Å². The first-order valence-electron chi connectivity index (χ1n) is 7.49. The van der Waals surface area contributed by atoms with Crippen molar-refractivity contribution >= 4 is 11.6 Å². The molecule has 1 N–H and O–H groups in total. The molecule has 1 heterocycles. The second kappa shape index (κ2) is 7.29. The number of hydrogen-bond donors (Lipinski definition) is 1. The fraction of sp³-hybridized carbons (Fsp3) is 0.562. The molecular formula is C16H25N3O. The van der Waals surface area contributed by atoms with Gasteiger partial charge in [0.15, 0.2) is 0 Å². The van der Waals surface area contributed by atoms with Crippen molar-refractivity contribution in [2.45, 2.75) is 20.3 Å². The van der Waals surface area contributed by atoms with Gasteiger partial charge in [-0.1, -0.05) is 19.1 Å². The summed E-state index contributed by atoms with van der Waals surface area (Å²) in [4.78, 5) is 16.5. The summed E-state index contributed by atoms with van der Waals surface area (Å²) in [5.74, 6) is 0.265. The molecule has 4 heteroatoms. The standard InChI is InChI=1S/C16H25N3O/c1-3-18-9-11-19(12-10-18)16(20)7-8-17-15-6-4-5-14(2)13-15/h4-6,13,17H,3,7-12H2,1-2H3. The number of likely N-dealkylation sites (N-methyl/N-ethyl adjacent to an activating group) is 1. The molecule has 2 rings (SSSR count). The molecular weight excluding hydrogens is 250 g/mol. The van der Waals surface area contributed by atoms with E-state index in [9.17, 15) is 4.79 Å². The van der Waals surface area contributed by atoms with Crippen LogP contribution in [0.4, 0.5) is 5.69 Å². The average molecular weight is 275 g/mol. The minimum absolute atomic E-state index is 0.265. The molecule has 0 unspecified atom stereocenters. The maximum atomic E-state index is 12.1. The Balaban J connectivity index is 1.70. The number of rotatable bonds is 5. The minimum atomic E-state index is 0.265. The van der Waals surface area contributed by atoms with Crippen LogP contribution >= 0.6 is 0 Å². The van der Waals surface area contributed by atoms with Crippen LogP contribution in [0.5, 0.6) is 0 Å². The van der Waals surface area contributed by atoms with Crippen LogP contribution < -0.4 is 5.32 Å². The molecule has 1 aromatic carbocycles. The van der Waals surface area contributed by atoms with Crippen LogP contribution in [0.3, 0.4) is 0 Å². The van der Waals surface area contributed by atoms with Crippen LogP contribution in [0.1, 0.15) is 18.9 Å². The molecule has 0 radical (unpaired) electrons. The van der Waals surface area contributed by atoms with E-state index >= 15 is 0 Å². The number of benzene rings is 1. The number of amides is 1. The molecule has 110 valence electrons. The zero-order chi connectivity index (χ0) is 14.4. The Morgan fingerprint density at radius 1 is 1.25 bits per heavy atom. The lowest BCUT2D eigenvalue weighted by Crippen LogP contribution is -2.48. The summed E-state index contributed by atoms with van der Waals surface area (Å²) in [6.07, 6.45) is 0.570. The van der Waals surface area contributed by atoms with E-state index in [1.54, 1.807) is 0 Å². The van der Waals surface area contributed by atoms with E-state index in [2.05, 4.69) is 36.2 Å². The highest BCUT2D eigenvalue weighted by atomic mass is 16.2. The molecule has 0 atom stereocenters. The molecule has 0 saturated carbocycles. The van der Waals surface area contributed by atoms with Crippen LogP contribution in [-0.2, 0) is 4.79 Å². The van der Waals surface area contributed by atoms with E-state index in [0.29, 0.717) is 13.0 Å². The average Bonchev–Trinajstić information content (AvgIpc) is 2.47. The van der Waals surface area contributed by atoms with Gasteiger partial charge in [0.2, 0.25) is 5.91 Å². The van der Waals surface area contributed by atoms with Crippen molar-refractivity contribution in [3.8, 4) is 0 Å². The Kier molecular flexibility index (Phi) is 5.41. The molecule has 1 aliphatic rings. The summed E-state index contributed by atoms with van der Waals surface area (Å²) in [6, 6.07) is 8.25. The first-order chi connectivity index (χ1) is 9.69. The van der Waals surface area contributed by atoms with E-state index in [1.165, 1.54) is 5.56 Å². The molecule has 20 heavy (non-hydrogen) atoms. The van der Waals surface area contributed by atoms with Gasteiger partial charge in [-0.05, 0) is 31.2 Å². The largest absolute Gasteiger partial charge is 0.385 e. The molecule has 0 aromatic heterocycles. The number of nitrogens with zero attached hydrogens (tertiary/aromatic N) is 2. The van der Waals surface area contributed by atoms with E-state index in [4.69, 9.17) is 0 Å². The van der Waals surface area contributed by atoms with Crippen molar-refractivity contribution in [1.82, 2.24) is 9.80 Å². The minimum Gasteiger partial charge on any atom is -0.385 e. The van der Waals surface area contributed by atoms with E-state index in [1.807, 2.05) is 17.0 Å². The van der Waals surface area contributed by atoms with Gasteiger partial charge in [0.1, 0.15) is 0 Å². The van der Waals surface area contributed by atoms with E-state index in [0.717, 1.165) is 38.4 Å². The number of anilines is 1. The molecule has 4 nitrogen and oxygen atoms in total. The predicted octanol–water partition coefficient (Wildman–Crippen LogP) is 1.96. The first kappa shape index (κ1) is 14.9. The smallest absolute Gasteiger partial charge is 0.224 e. The number of carbonyl (C=O) groups is 1. The van der Waals surface area contributed by atoms with Gasteiger partial charge in [-0.25, -0.2) is 0 Å². The van der Waals surface area contributed by atoms with Crippen LogP contribution in [-0.4, -0.2) is 55.0 Å². The molecule has 0 bridgehead atoms. The van der Waals surface area contributed by atoms with Crippen LogP contribution in [0.2, 0.25) is 0 Å². The van der Waals surface area contributed by atoms with Crippen molar-refractivity contribution in [2.75, 3.05) is 44.6 Å². The highest BCUT2D eigenvalue weighted by Crippen LogP contribution is 2.10. The Morgan fingerprint density at radius 3 is 2.65 bits per heavy atom. The second-order valence-corrected chi connectivity index (χ2v) is 5.36.